The number of esters is 2. The van der Waals surface area contributed by atoms with Crippen LogP contribution in [0, 0.1) is 11.6 Å². The van der Waals surface area contributed by atoms with Gasteiger partial charge in [-0.15, -0.1) is 0 Å². The van der Waals surface area contributed by atoms with Gasteiger partial charge in [-0.2, -0.15) is 4.39 Å². The molecule has 0 saturated heterocycles. The van der Waals surface area contributed by atoms with Crippen LogP contribution in [-0.4, -0.2) is 43.0 Å². The van der Waals surface area contributed by atoms with E-state index < -0.39 is 46.7 Å². The van der Waals surface area contributed by atoms with Gasteiger partial charge in [0.2, 0.25) is 5.82 Å². The number of carbonyl (C=O) groups is 2. The SMILES string of the molecule is CCOC(=O)C(=Cc1cc(N)c(F)c(F)c1OCC(C)O)C(=O)OCC. The number of aliphatic hydroxyl groups excluding tert-OH is 1. The zero-order valence-electron chi connectivity index (χ0n) is 14.7. The minimum Gasteiger partial charge on any atom is -0.487 e. The lowest BCUT2D eigenvalue weighted by molar-refractivity contribution is -0.146. The lowest BCUT2D eigenvalue weighted by atomic mass is 10.1. The van der Waals surface area contributed by atoms with Crippen molar-refractivity contribution in [2.24, 2.45) is 0 Å². The predicted octanol–water partition coefficient (Wildman–Crippen LogP) is 1.82. The maximum Gasteiger partial charge on any atom is 0.345 e. The van der Waals surface area contributed by atoms with Crippen LogP contribution >= 0.6 is 0 Å². The third-order valence-electron chi connectivity index (χ3n) is 2.98. The minimum absolute atomic E-state index is 0.0130. The fourth-order valence-corrected chi connectivity index (χ4v) is 1.88. The molecule has 3 N–H and O–H groups in total. The number of halogens is 2. The van der Waals surface area contributed by atoms with E-state index in [1.807, 2.05) is 0 Å². The Morgan fingerprint density at radius 1 is 1.19 bits per heavy atom. The second kappa shape index (κ2) is 9.71. The third-order valence-corrected chi connectivity index (χ3v) is 2.98. The average molecular weight is 373 g/mol. The quantitative estimate of drug-likeness (QED) is 0.235. The molecule has 7 nitrogen and oxygen atoms in total. The smallest absolute Gasteiger partial charge is 0.345 e. The fourth-order valence-electron chi connectivity index (χ4n) is 1.88. The molecule has 0 aromatic heterocycles. The second-order valence-corrected chi connectivity index (χ2v) is 5.17. The number of aliphatic hydroxyl groups is 1. The van der Waals surface area contributed by atoms with E-state index in [0.717, 1.165) is 12.1 Å². The Balaban J connectivity index is 3.49. The monoisotopic (exact) mass is 373 g/mol. The minimum atomic E-state index is -1.41. The van der Waals surface area contributed by atoms with Gasteiger partial charge < -0.3 is 25.1 Å². The number of nitrogens with two attached hydrogens (primary N) is 1. The number of anilines is 1. The molecule has 1 unspecified atom stereocenters. The number of nitrogen functional groups attached to an aromatic ring is 1. The van der Waals surface area contributed by atoms with Gasteiger partial charge in [-0.1, -0.05) is 0 Å². The zero-order chi connectivity index (χ0) is 19.9. The Bertz CT molecular complexity index is 683. The van der Waals surface area contributed by atoms with Crippen LogP contribution in [0.15, 0.2) is 11.6 Å². The van der Waals surface area contributed by atoms with Crippen LogP contribution in [0.1, 0.15) is 26.3 Å². The van der Waals surface area contributed by atoms with Gasteiger partial charge in [0, 0.05) is 5.56 Å². The van der Waals surface area contributed by atoms with Gasteiger partial charge >= 0.3 is 11.9 Å². The van der Waals surface area contributed by atoms with Crippen molar-refractivity contribution in [1.82, 2.24) is 0 Å². The average Bonchev–Trinajstić information content (AvgIpc) is 2.57. The second-order valence-electron chi connectivity index (χ2n) is 5.17. The summed E-state index contributed by atoms with van der Waals surface area (Å²) in [6.45, 7) is 4.07. The molecule has 0 aliphatic heterocycles. The van der Waals surface area contributed by atoms with Crippen LogP contribution < -0.4 is 10.5 Å². The van der Waals surface area contributed by atoms with Crippen molar-refractivity contribution < 1.29 is 37.7 Å². The normalized spacial score (nSPS) is 11.5. The first-order chi connectivity index (χ1) is 12.2. The van der Waals surface area contributed by atoms with E-state index in [4.69, 9.17) is 19.9 Å². The molecular weight excluding hydrogens is 352 g/mol. The van der Waals surface area contributed by atoms with Crippen molar-refractivity contribution >= 4 is 23.7 Å². The van der Waals surface area contributed by atoms with Crippen LogP contribution in [0.4, 0.5) is 14.5 Å². The molecule has 0 fully saturated rings. The Kier molecular flexibility index (Phi) is 7.98. The van der Waals surface area contributed by atoms with E-state index in [-0.39, 0.29) is 25.4 Å². The highest BCUT2D eigenvalue weighted by atomic mass is 19.2. The van der Waals surface area contributed by atoms with Crippen molar-refractivity contribution in [3.05, 3.63) is 28.8 Å². The first kappa shape index (κ1) is 21.4. The molecule has 0 radical (unpaired) electrons. The Morgan fingerprint density at radius 3 is 2.19 bits per heavy atom. The molecule has 144 valence electrons. The molecule has 1 atom stereocenters. The predicted molar refractivity (Wildman–Crippen MR) is 89.2 cm³/mol. The molecule has 0 spiro atoms. The van der Waals surface area contributed by atoms with Crippen molar-refractivity contribution in [1.29, 1.82) is 0 Å². The van der Waals surface area contributed by atoms with Crippen molar-refractivity contribution in [3.63, 3.8) is 0 Å². The first-order valence-corrected chi connectivity index (χ1v) is 7.87. The number of ether oxygens (including phenoxy) is 3. The molecule has 0 aliphatic carbocycles. The van der Waals surface area contributed by atoms with Crippen molar-refractivity contribution in [2.75, 3.05) is 25.6 Å². The molecule has 1 aromatic rings. The van der Waals surface area contributed by atoms with E-state index in [1.165, 1.54) is 20.8 Å². The Morgan fingerprint density at radius 2 is 1.73 bits per heavy atom. The van der Waals surface area contributed by atoms with Crippen LogP contribution in [0.3, 0.4) is 0 Å². The summed E-state index contributed by atoms with van der Waals surface area (Å²) < 4.78 is 42.6. The highest BCUT2D eigenvalue weighted by molar-refractivity contribution is 6.17. The summed E-state index contributed by atoms with van der Waals surface area (Å²) in [5.74, 6) is -5.38. The fraction of sp³-hybridized carbons (Fsp3) is 0.412. The Labute approximate surface area is 149 Å². The van der Waals surface area contributed by atoms with Gasteiger partial charge in [-0.25, -0.2) is 14.0 Å². The highest BCUT2D eigenvalue weighted by Crippen LogP contribution is 2.31. The largest absolute Gasteiger partial charge is 0.487 e. The number of hydrogen-bond donors (Lipinski definition) is 2. The topological polar surface area (TPSA) is 108 Å². The van der Waals surface area contributed by atoms with Crippen LogP contribution in [-0.2, 0) is 19.1 Å². The first-order valence-electron chi connectivity index (χ1n) is 7.87. The molecule has 1 rings (SSSR count). The zero-order valence-corrected chi connectivity index (χ0v) is 14.7. The molecule has 9 heteroatoms. The standard InChI is InChI=1S/C17H21F2NO6/c1-4-24-16(22)11(17(23)25-5-2)6-10-7-12(20)13(18)14(19)15(10)26-8-9(3)21/h6-7,9,21H,4-5,8,20H2,1-3H3. The van der Waals surface area contributed by atoms with E-state index >= 15 is 0 Å². The summed E-state index contributed by atoms with van der Waals surface area (Å²) in [4.78, 5) is 24.0. The van der Waals surface area contributed by atoms with Crippen LogP contribution in [0.2, 0.25) is 0 Å². The molecule has 0 saturated carbocycles. The number of hydrogen-bond acceptors (Lipinski definition) is 7. The summed E-state index contributed by atoms with van der Waals surface area (Å²) in [7, 11) is 0. The lowest BCUT2D eigenvalue weighted by Crippen LogP contribution is -2.19. The summed E-state index contributed by atoms with van der Waals surface area (Å²) in [6.07, 6.45) is -0.0342. The summed E-state index contributed by atoms with van der Waals surface area (Å²) in [5.41, 5.74) is 4.14. The van der Waals surface area contributed by atoms with Gasteiger partial charge in [0.05, 0.1) is 25.0 Å². The van der Waals surface area contributed by atoms with Gasteiger partial charge in [-0.05, 0) is 32.9 Å². The van der Waals surface area contributed by atoms with Gasteiger partial charge in [0.15, 0.2) is 11.6 Å². The molecule has 0 bridgehead atoms. The summed E-state index contributed by atoms with van der Waals surface area (Å²) >= 11 is 0. The van der Waals surface area contributed by atoms with Gasteiger partial charge in [-0.3, -0.25) is 0 Å². The van der Waals surface area contributed by atoms with Crippen molar-refractivity contribution in [2.45, 2.75) is 26.9 Å². The molecular formula is C17H21F2NO6. The number of carbonyl (C=O) groups excluding carboxylic acids is 2. The van der Waals surface area contributed by atoms with E-state index in [0.29, 0.717) is 0 Å². The van der Waals surface area contributed by atoms with Crippen LogP contribution in [0.5, 0.6) is 5.75 Å². The maximum absolute atomic E-state index is 14.2. The molecule has 0 heterocycles. The van der Waals surface area contributed by atoms with E-state index in [9.17, 15) is 23.5 Å². The molecule has 26 heavy (non-hydrogen) atoms. The Hall–Kier alpha value is -2.68. The number of benzene rings is 1. The number of rotatable bonds is 8. The molecule has 1 aromatic carbocycles. The summed E-state index contributed by atoms with van der Waals surface area (Å²) in [6, 6.07) is 0.994. The van der Waals surface area contributed by atoms with Gasteiger partial charge in [0.1, 0.15) is 12.2 Å². The van der Waals surface area contributed by atoms with Crippen molar-refractivity contribution in [3.8, 4) is 5.75 Å². The lowest BCUT2D eigenvalue weighted by Gasteiger charge is -2.14. The third kappa shape index (κ3) is 5.41. The molecule has 0 amide bonds. The van der Waals surface area contributed by atoms with Gasteiger partial charge in [0.25, 0.3) is 0 Å². The van der Waals surface area contributed by atoms with E-state index in [2.05, 4.69) is 0 Å². The molecule has 0 aliphatic rings. The van der Waals surface area contributed by atoms with Crippen LogP contribution in [0.25, 0.3) is 6.08 Å². The maximum atomic E-state index is 14.2. The highest BCUT2D eigenvalue weighted by Gasteiger charge is 2.24. The van der Waals surface area contributed by atoms with E-state index in [1.54, 1.807) is 0 Å². The summed E-state index contributed by atoms with van der Waals surface area (Å²) in [5, 5.41) is 9.29.